The molecule has 2 aromatic heterocycles. The van der Waals surface area contributed by atoms with Crippen molar-refractivity contribution in [2.45, 2.75) is 32.4 Å². The highest BCUT2D eigenvalue weighted by Gasteiger charge is 2.25. The molecule has 0 atom stereocenters. The lowest BCUT2D eigenvalue weighted by Gasteiger charge is -2.29. The number of ether oxygens (including phenoxy) is 1. The van der Waals surface area contributed by atoms with Crippen LogP contribution in [0, 0.1) is 0 Å². The maximum absolute atomic E-state index is 12.4. The van der Waals surface area contributed by atoms with Gasteiger partial charge >= 0.3 is 5.63 Å². The molecular weight excluding hydrogens is 316 g/mol. The third-order valence-electron chi connectivity index (χ3n) is 5.11. The van der Waals surface area contributed by atoms with E-state index in [0.717, 1.165) is 53.6 Å². The average molecular weight is 334 g/mol. The van der Waals surface area contributed by atoms with Crippen LogP contribution in [0.25, 0.3) is 11.0 Å². The van der Waals surface area contributed by atoms with Gasteiger partial charge in [-0.25, -0.2) is 4.79 Å². The normalized spacial score (nSPS) is 16.5. The number of fused-ring (bicyclic) bond motifs is 5. The molecule has 5 rings (SSSR count). The van der Waals surface area contributed by atoms with Gasteiger partial charge < -0.3 is 9.15 Å². The van der Waals surface area contributed by atoms with E-state index in [1.165, 1.54) is 5.56 Å². The topological polar surface area (TPSA) is 55.6 Å². The minimum Gasteiger partial charge on any atom is -0.478 e. The van der Waals surface area contributed by atoms with E-state index in [1.54, 1.807) is 6.20 Å². The fraction of sp³-hybridized carbons (Fsp3) is 0.300. The SMILES string of the molecule is O=c1oc2c3c(ccc2c2c1CCC2)OCN(Cc1cccnc1)C3. The fourth-order valence-corrected chi connectivity index (χ4v) is 3.95. The quantitative estimate of drug-likeness (QED) is 0.674. The molecule has 0 saturated heterocycles. The van der Waals surface area contributed by atoms with E-state index >= 15 is 0 Å². The molecule has 126 valence electrons. The smallest absolute Gasteiger partial charge is 0.339 e. The van der Waals surface area contributed by atoms with Gasteiger partial charge in [0.05, 0.1) is 5.56 Å². The van der Waals surface area contributed by atoms with Crippen molar-refractivity contribution in [1.29, 1.82) is 0 Å². The van der Waals surface area contributed by atoms with Gasteiger partial charge in [-0.1, -0.05) is 6.07 Å². The monoisotopic (exact) mass is 334 g/mol. The van der Waals surface area contributed by atoms with E-state index in [1.807, 2.05) is 24.4 Å². The molecule has 0 saturated carbocycles. The van der Waals surface area contributed by atoms with Crippen LogP contribution in [0.1, 0.15) is 28.7 Å². The second-order valence-corrected chi connectivity index (χ2v) is 6.74. The van der Waals surface area contributed by atoms with Crippen LogP contribution in [0.5, 0.6) is 5.75 Å². The lowest BCUT2D eigenvalue weighted by Crippen LogP contribution is -2.31. The Hall–Kier alpha value is -2.66. The summed E-state index contributed by atoms with van der Waals surface area (Å²) < 4.78 is 11.6. The molecule has 2 aliphatic rings. The fourth-order valence-electron chi connectivity index (χ4n) is 3.95. The lowest BCUT2D eigenvalue weighted by atomic mass is 10.0. The van der Waals surface area contributed by atoms with Crippen LogP contribution in [0.3, 0.4) is 0 Å². The van der Waals surface area contributed by atoms with Crippen molar-refractivity contribution in [3.63, 3.8) is 0 Å². The first-order valence-electron chi connectivity index (χ1n) is 8.64. The minimum absolute atomic E-state index is 0.183. The summed E-state index contributed by atoms with van der Waals surface area (Å²) >= 11 is 0. The molecule has 5 nitrogen and oxygen atoms in total. The largest absolute Gasteiger partial charge is 0.478 e. The highest BCUT2D eigenvalue weighted by Crippen LogP contribution is 2.36. The second-order valence-electron chi connectivity index (χ2n) is 6.74. The molecule has 0 unspecified atom stereocenters. The van der Waals surface area contributed by atoms with Crippen molar-refractivity contribution in [1.82, 2.24) is 9.88 Å². The molecule has 3 heterocycles. The molecule has 1 aliphatic carbocycles. The van der Waals surface area contributed by atoms with Gasteiger partial charge in [0.1, 0.15) is 18.1 Å². The van der Waals surface area contributed by atoms with Gasteiger partial charge in [-0.05, 0) is 48.6 Å². The van der Waals surface area contributed by atoms with Gasteiger partial charge in [-0.15, -0.1) is 0 Å². The van der Waals surface area contributed by atoms with E-state index in [2.05, 4.69) is 16.0 Å². The van der Waals surface area contributed by atoms with Crippen molar-refractivity contribution >= 4 is 11.0 Å². The molecule has 0 spiro atoms. The van der Waals surface area contributed by atoms with Gasteiger partial charge in [-0.3, -0.25) is 9.88 Å². The molecule has 5 heteroatoms. The van der Waals surface area contributed by atoms with Crippen LogP contribution in [0.15, 0.2) is 45.9 Å². The number of benzene rings is 1. The first kappa shape index (κ1) is 14.7. The average Bonchev–Trinajstić information content (AvgIpc) is 3.13. The highest BCUT2D eigenvalue weighted by atomic mass is 16.5. The minimum atomic E-state index is -0.183. The van der Waals surface area contributed by atoms with Crippen LogP contribution in [-0.2, 0) is 25.9 Å². The van der Waals surface area contributed by atoms with Gasteiger partial charge in [0.2, 0.25) is 0 Å². The third-order valence-corrected chi connectivity index (χ3v) is 5.11. The van der Waals surface area contributed by atoms with Crippen molar-refractivity contribution in [2.24, 2.45) is 0 Å². The van der Waals surface area contributed by atoms with Gasteiger partial charge in [0.15, 0.2) is 0 Å². The van der Waals surface area contributed by atoms with Crippen LogP contribution in [0.4, 0.5) is 0 Å². The van der Waals surface area contributed by atoms with Gasteiger partial charge in [0, 0.05) is 36.4 Å². The summed E-state index contributed by atoms with van der Waals surface area (Å²) in [6, 6.07) is 8.04. The summed E-state index contributed by atoms with van der Waals surface area (Å²) in [5, 5.41) is 1.07. The molecule has 0 fully saturated rings. The summed E-state index contributed by atoms with van der Waals surface area (Å²) in [5.41, 5.74) is 4.64. The first-order chi connectivity index (χ1) is 12.3. The number of aryl methyl sites for hydroxylation is 1. The number of pyridine rings is 1. The molecule has 0 N–H and O–H groups in total. The predicted octanol–water partition coefficient (Wildman–Crippen LogP) is 3.03. The predicted molar refractivity (Wildman–Crippen MR) is 93.5 cm³/mol. The van der Waals surface area contributed by atoms with E-state index in [0.29, 0.717) is 18.9 Å². The highest BCUT2D eigenvalue weighted by molar-refractivity contribution is 5.86. The Morgan fingerprint density at radius 1 is 1.12 bits per heavy atom. The van der Waals surface area contributed by atoms with E-state index in [4.69, 9.17) is 9.15 Å². The lowest BCUT2D eigenvalue weighted by molar-refractivity contribution is 0.0889. The van der Waals surface area contributed by atoms with Crippen molar-refractivity contribution < 1.29 is 9.15 Å². The summed E-state index contributed by atoms with van der Waals surface area (Å²) in [6.45, 7) is 1.96. The molecule has 25 heavy (non-hydrogen) atoms. The zero-order chi connectivity index (χ0) is 16.8. The Kier molecular flexibility index (Phi) is 3.35. The Balaban J connectivity index is 1.57. The standard InChI is InChI=1S/C20H18N2O3/c23-20-16-5-1-4-14(16)15-6-7-18-17(19(15)25-20)11-22(12-24-18)10-13-3-2-8-21-9-13/h2-3,6-9H,1,4-5,10-12H2. The number of nitrogens with zero attached hydrogens (tertiary/aromatic N) is 2. The Morgan fingerprint density at radius 3 is 2.92 bits per heavy atom. The number of aromatic nitrogens is 1. The Bertz CT molecular complexity index is 1010. The molecule has 0 radical (unpaired) electrons. The molecule has 1 aromatic carbocycles. The Labute approximate surface area is 144 Å². The first-order valence-corrected chi connectivity index (χ1v) is 8.64. The van der Waals surface area contributed by atoms with E-state index in [9.17, 15) is 4.79 Å². The second kappa shape index (κ2) is 5.70. The molecule has 1 aliphatic heterocycles. The summed E-state index contributed by atoms with van der Waals surface area (Å²) in [5.74, 6) is 0.816. The number of rotatable bonds is 2. The summed E-state index contributed by atoms with van der Waals surface area (Å²) in [6.07, 6.45) is 6.45. The third kappa shape index (κ3) is 2.43. The van der Waals surface area contributed by atoms with E-state index in [-0.39, 0.29) is 5.63 Å². The van der Waals surface area contributed by atoms with Gasteiger partial charge in [0.25, 0.3) is 0 Å². The molecule has 0 bridgehead atoms. The van der Waals surface area contributed by atoms with Gasteiger partial charge in [-0.2, -0.15) is 0 Å². The van der Waals surface area contributed by atoms with Crippen LogP contribution < -0.4 is 10.4 Å². The zero-order valence-corrected chi connectivity index (χ0v) is 13.8. The zero-order valence-electron chi connectivity index (χ0n) is 13.8. The van der Waals surface area contributed by atoms with E-state index < -0.39 is 0 Å². The molecule has 3 aromatic rings. The number of hydrogen-bond donors (Lipinski definition) is 0. The van der Waals surface area contributed by atoms with Crippen molar-refractivity contribution in [3.05, 3.63) is 69.3 Å². The molecular formula is C20H18N2O3. The van der Waals surface area contributed by atoms with Crippen molar-refractivity contribution in [3.8, 4) is 5.75 Å². The molecule has 0 amide bonds. The summed E-state index contributed by atoms with van der Waals surface area (Å²) in [4.78, 5) is 18.7. The maximum Gasteiger partial charge on any atom is 0.339 e. The maximum atomic E-state index is 12.4. The van der Waals surface area contributed by atoms with Crippen molar-refractivity contribution in [2.75, 3.05) is 6.73 Å². The van der Waals surface area contributed by atoms with Crippen LogP contribution >= 0.6 is 0 Å². The van der Waals surface area contributed by atoms with Crippen LogP contribution in [0.2, 0.25) is 0 Å². The van der Waals surface area contributed by atoms with Crippen LogP contribution in [-0.4, -0.2) is 16.6 Å². The number of hydrogen-bond acceptors (Lipinski definition) is 5. The summed E-state index contributed by atoms with van der Waals surface area (Å²) in [7, 11) is 0. The Morgan fingerprint density at radius 2 is 2.04 bits per heavy atom.